The van der Waals surface area contributed by atoms with Crippen LogP contribution in [0.1, 0.15) is 63.9 Å². The minimum Gasteiger partial charge on any atom is -0.311 e. The zero-order chi connectivity index (χ0) is 12.5. The number of aromatic nitrogens is 2. The predicted octanol–water partition coefficient (Wildman–Crippen LogP) is 3.02. The molecular weight excluding hydrogens is 212 g/mol. The van der Waals surface area contributed by atoms with Crippen LogP contribution < -0.4 is 5.56 Å². The highest BCUT2D eigenvalue weighted by molar-refractivity contribution is 5.10. The Balaban J connectivity index is 2.26. The summed E-state index contributed by atoms with van der Waals surface area (Å²) < 4.78 is 0. The first-order valence-corrected chi connectivity index (χ1v) is 6.54. The maximum atomic E-state index is 11.7. The second kappa shape index (κ2) is 4.63. The molecule has 0 aromatic carbocycles. The van der Waals surface area contributed by atoms with E-state index in [0.29, 0.717) is 5.92 Å². The van der Waals surface area contributed by atoms with Gasteiger partial charge in [-0.3, -0.25) is 4.79 Å². The largest absolute Gasteiger partial charge is 0.311 e. The van der Waals surface area contributed by atoms with Crippen LogP contribution in [0.25, 0.3) is 0 Å². The maximum absolute atomic E-state index is 11.7. The Bertz CT molecular complexity index is 436. The van der Waals surface area contributed by atoms with Crippen LogP contribution in [0.4, 0.5) is 0 Å². The molecule has 0 atom stereocenters. The maximum Gasteiger partial charge on any atom is 0.251 e. The van der Waals surface area contributed by atoms with Crippen LogP contribution in [0.15, 0.2) is 10.9 Å². The fourth-order valence-corrected chi connectivity index (χ4v) is 2.55. The zero-order valence-electron chi connectivity index (χ0n) is 11.0. The predicted molar refractivity (Wildman–Crippen MR) is 69.2 cm³/mol. The van der Waals surface area contributed by atoms with Crippen molar-refractivity contribution in [1.29, 1.82) is 0 Å². The van der Waals surface area contributed by atoms with Gasteiger partial charge >= 0.3 is 0 Å². The van der Waals surface area contributed by atoms with Gasteiger partial charge in [-0.25, -0.2) is 4.98 Å². The SMILES string of the molecule is CC(C)(C)Cc1nc(C2CCCC2)cc(=O)[nH]1. The number of hydrogen-bond donors (Lipinski definition) is 1. The van der Waals surface area contributed by atoms with Crippen LogP contribution in [0.3, 0.4) is 0 Å². The average Bonchev–Trinajstić information content (AvgIpc) is 2.65. The molecular formula is C14H22N2O. The van der Waals surface area contributed by atoms with Crippen molar-refractivity contribution < 1.29 is 0 Å². The van der Waals surface area contributed by atoms with Gasteiger partial charge in [-0.2, -0.15) is 0 Å². The number of nitrogens with zero attached hydrogens (tertiary/aromatic N) is 1. The molecule has 1 saturated carbocycles. The van der Waals surface area contributed by atoms with Gasteiger partial charge < -0.3 is 4.98 Å². The summed E-state index contributed by atoms with van der Waals surface area (Å²) in [4.78, 5) is 19.2. The molecule has 2 rings (SSSR count). The number of rotatable bonds is 2. The van der Waals surface area contributed by atoms with E-state index in [4.69, 9.17) is 0 Å². The molecule has 0 aliphatic heterocycles. The molecule has 1 aliphatic rings. The fourth-order valence-electron chi connectivity index (χ4n) is 2.55. The van der Waals surface area contributed by atoms with Gasteiger partial charge in [0.05, 0.1) is 5.69 Å². The molecule has 1 fully saturated rings. The van der Waals surface area contributed by atoms with Gasteiger partial charge in [-0.05, 0) is 18.3 Å². The van der Waals surface area contributed by atoms with E-state index in [2.05, 4.69) is 30.7 Å². The van der Waals surface area contributed by atoms with Crippen LogP contribution in [-0.4, -0.2) is 9.97 Å². The fraction of sp³-hybridized carbons (Fsp3) is 0.714. The van der Waals surface area contributed by atoms with Gasteiger partial charge in [0.2, 0.25) is 0 Å². The zero-order valence-corrected chi connectivity index (χ0v) is 11.0. The first kappa shape index (κ1) is 12.3. The Morgan fingerprint density at radius 3 is 2.59 bits per heavy atom. The Kier molecular flexibility index (Phi) is 3.36. The van der Waals surface area contributed by atoms with Crippen LogP contribution >= 0.6 is 0 Å². The lowest BCUT2D eigenvalue weighted by atomic mass is 9.92. The van der Waals surface area contributed by atoms with Gasteiger partial charge in [0.25, 0.3) is 5.56 Å². The molecule has 3 nitrogen and oxygen atoms in total. The third kappa shape index (κ3) is 3.42. The van der Waals surface area contributed by atoms with Gasteiger partial charge in [0, 0.05) is 18.4 Å². The molecule has 3 heteroatoms. The molecule has 1 heterocycles. The first-order chi connectivity index (χ1) is 7.94. The highest BCUT2D eigenvalue weighted by atomic mass is 16.1. The molecule has 1 aromatic heterocycles. The van der Waals surface area contributed by atoms with Crippen molar-refractivity contribution in [2.24, 2.45) is 5.41 Å². The van der Waals surface area contributed by atoms with Gasteiger partial charge in [-0.15, -0.1) is 0 Å². The molecule has 0 amide bonds. The van der Waals surface area contributed by atoms with E-state index in [0.717, 1.165) is 17.9 Å². The van der Waals surface area contributed by atoms with E-state index in [9.17, 15) is 4.79 Å². The van der Waals surface area contributed by atoms with E-state index in [1.165, 1.54) is 25.7 Å². The summed E-state index contributed by atoms with van der Waals surface area (Å²) in [5.74, 6) is 1.35. The Morgan fingerprint density at radius 1 is 1.35 bits per heavy atom. The normalized spacial score (nSPS) is 17.6. The van der Waals surface area contributed by atoms with Crippen molar-refractivity contribution in [3.8, 4) is 0 Å². The van der Waals surface area contributed by atoms with Crippen molar-refractivity contribution in [2.75, 3.05) is 0 Å². The standard InChI is InChI=1S/C14H22N2O/c1-14(2,3)9-12-15-11(8-13(17)16-12)10-6-4-5-7-10/h8,10H,4-7,9H2,1-3H3,(H,15,16,17). The first-order valence-electron chi connectivity index (χ1n) is 6.54. The van der Waals surface area contributed by atoms with Crippen LogP contribution in [0.2, 0.25) is 0 Å². The minimum atomic E-state index is 0.00106. The second-order valence-corrected chi connectivity index (χ2v) is 6.34. The van der Waals surface area contributed by atoms with E-state index in [-0.39, 0.29) is 11.0 Å². The molecule has 0 bridgehead atoms. The van der Waals surface area contributed by atoms with Crippen molar-refractivity contribution in [3.63, 3.8) is 0 Å². The average molecular weight is 234 g/mol. The Morgan fingerprint density at radius 2 is 2.00 bits per heavy atom. The lowest BCUT2D eigenvalue weighted by Gasteiger charge is -2.18. The quantitative estimate of drug-likeness (QED) is 0.855. The van der Waals surface area contributed by atoms with E-state index < -0.39 is 0 Å². The third-order valence-electron chi connectivity index (χ3n) is 3.28. The van der Waals surface area contributed by atoms with Crippen LogP contribution in [-0.2, 0) is 6.42 Å². The van der Waals surface area contributed by atoms with Gasteiger partial charge in [0.15, 0.2) is 0 Å². The minimum absolute atomic E-state index is 0.00106. The Labute approximate surface area is 103 Å². The summed E-state index contributed by atoms with van der Waals surface area (Å²) in [6, 6.07) is 1.68. The van der Waals surface area contributed by atoms with E-state index in [1.807, 2.05) is 0 Å². The van der Waals surface area contributed by atoms with Crippen molar-refractivity contribution in [1.82, 2.24) is 9.97 Å². The highest BCUT2D eigenvalue weighted by Gasteiger charge is 2.20. The van der Waals surface area contributed by atoms with E-state index in [1.54, 1.807) is 6.07 Å². The number of nitrogens with one attached hydrogen (secondary N) is 1. The van der Waals surface area contributed by atoms with E-state index >= 15 is 0 Å². The summed E-state index contributed by atoms with van der Waals surface area (Å²) in [5, 5.41) is 0. The number of H-pyrrole nitrogens is 1. The van der Waals surface area contributed by atoms with Crippen LogP contribution in [0, 0.1) is 5.41 Å². The Hall–Kier alpha value is -1.12. The number of aromatic amines is 1. The molecule has 1 aliphatic carbocycles. The lowest BCUT2D eigenvalue weighted by Crippen LogP contribution is -2.19. The molecule has 1 aromatic rings. The summed E-state index contributed by atoms with van der Waals surface area (Å²) >= 11 is 0. The van der Waals surface area contributed by atoms with Gasteiger partial charge in [0.1, 0.15) is 5.82 Å². The highest BCUT2D eigenvalue weighted by Crippen LogP contribution is 2.32. The summed E-state index contributed by atoms with van der Waals surface area (Å²) in [6.07, 6.45) is 5.74. The topological polar surface area (TPSA) is 45.8 Å². The summed E-state index contributed by atoms with van der Waals surface area (Å²) in [5.41, 5.74) is 1.16. The summed E-state index contributed by atoms with van der Waals surface area (Å²) in [7, 11) is 0. The summed E-state index contributed by atoms with van der Waals surface area (Å²) in [6.45, 7) is 6.49. The molecule has 17 heavy (non-hydrogen) atoms. The van der Waals surface area contributed by atoms with Gasteiger partial charge in [-0.1, -0.05) is 33.6 Å². The molecule has 0 radical (unpaired) electrons. The van der Waals surface area contributed by atoms with Crippen molar-refractivity contribution >= 4 is 0 Å². The molecule has 0 spiro atoms. The molecule has 0 saturated heterocycles. The smallest absolute Gasteiger partial charge is 0.251 e. The monoisotopic (exact) mass is 234 g/mol. The second-order valence-electron chi connectivity index (χ2n) is 6.34. The molecule has 0 unspecified atom stereocenters. The van der Waals surface area contributed by atoms with Crippen molar-refractivity contribution in [2.45, 2.75) is 58.8 Å². The lowest BCUT2D eigenvalue weighted by molar-refractivity contribution is 0.399. The van der Waals surface area contributed by atoms with Crippen LogP contribution in [0.5, 0.6) is 0 Å². The van der Waals surface area contributed by atoms with Crippen molar-refractivity contribution in [3.05, 3.63) is 27.9 Å². The molecule has 1 N–H and O–H groups in total. The third-order valence-corrected chi connectivity index (χ3v) is 3.28. The number of hydrogen-bond acceptors (Lipinski definition) is 2. The molecule has 94 valence electrons.